The molecule has 0 unspecified atom stereocenters. The van der Waals surface area contributed by atoms with Gasteiger partial charge in [-0.3, -0.25) is 4.79 Å². The van der Waals surface area contributed by atoms with E-state index in [4.69, 9.17) is 10.2 Å². The average molecular weight is 295 g/mol. The lowest BCUT2D eigenvalue weighted by Crippen LogP contribution is -2.49. The Bertz CT molecular complexity index is 399. The van der Waals surface area contributed by atoms with Crippen molar-refractivity contribution in [2.75, 3.05) is 6.61 Å². The molecular weight excluding hydrogens is 270 g/mol. The number of rotatable bonds is 6. The van der Waals surface area contributed by atoms with Crippen LogP contribution in [-0.2, 0) is 9.59 Å². The second kappa shape index (κ2) is 5.59. The van der Waals surface area contributed by atoms with Crippen molar-refractivity contribution in [2.24, 2.45) is 23.2 Å². The van der Waals surface area contributed by atoms with Crippen LogP contribution in [0.2, 0.25) is 0 Å². The molecule has 0 aromatic carbocycles. The van der Waals surface area contributed by atoms with Gasteiger partial charge in [-0.1, -0.05) is 0 Å². The summed E-state index contributed by atoms with van der Waals surface area (Å²) in [6.45, 7) is -0.228. The van der Waals surface area contributed by atoms with E-state index >= 15 is 0 Å². The monoisotopic (exact) mass is 295 g/mol. The molecule has 3 N–H and O–H groups in total. The van der Waals surface area contributed by atoms with Gasteiger partial charge in [-0.2, -0.15) is 0 Å². The average Bonchev–Trinajstić information content (AvgIpc) is 2.35. The summed E-state index contributed by atoms with van der Waals surface area (Å²) in [5.74, 6) is 1.14. The number of amides is 1. The second-order valence-electron chi connectivity index (χ2n) is 7.56. The van der Waals surface area contributed by atoms with Gasteiger partial charge < -0.3 is 15.5 Å². The number of nitrogens with one attached hydrogen (secondary N) is 1. The van der Waals surface area contributed by atoms with Crippen LogP contribution in [0.1, 0.15) is 51.4 Å². The SMILES string of the molecule is O=C(CC12CC3CC(CC(C3)C1)C2)N[C@H](CCO)C(=O)O. The van der Waals surface area contributed by atoms with Crippen molar-refractivity contribution in [1.29, 1.82) is 0 Å². The Balaban J connectivity index is 1.61. The molecule has 5 heteroatoms. The lowest BCUT2D eigenvalue weighted by Gasteiger charge is -2.56. The topological polar surface area (TPSA) is 86.6 Å². The third-order valence-corrected chi connectivity index (χ3v) is 5.75. The molecule has 5 nitrogen and oxygen atoms in total. The first-order chi connectivity index (χ1) is 9.99. The van der Waals surface area contributed by atoms with E-state index in [2.05, 4.69) is 5.32 Å². The molecule has 4 saturated carbocycles. The first-order valence-corrected chi connectivity index (χ1v) is 8.13. The summed E-state index contributed by atoms with van der Waals surface area (Å²) < 4.78 is 0. The summed E-state index contributed by atoms with van der Waals surface area (Å²) in [6.07, 6.45) is 7.97. The Hall–Kier alpha value is -1.10. The van der Waals surface area contributed by atoms with Gasteiger partial charge in [-0.05, 0) is 61.7 Å². The fourth-order valence-electron chi connectivity index (χ4n) is 5.48. The molecule has 4 aliphatic carbocycles. The molecule has 4 aliphatic rings. The molecule has 1 amide bonds. The number of aliphatic hydroxyl groups excluding tert-OH is 1. The Kier molecular flexibility index (Phi) is 3.95. The maximum Gasteiger partial charge on any atom is 0.326 e. The van der Waals surface area contributed by atoms with E-state index in [-0.39, 0.29) is 24.3 Å². The van der Waals surface area contributed by atoms with Gasteiger partial charge in [0.2, 0.25) is 5.91 Å². The second-order valence-corrected chi connectivity index (χ2v) is 7.56. The van der Waals surface area contributed by atoms with Crippen LogP contribution in [0.4, 0.5) is 0 Å². The van der Waals surface area contributed by atoms with E-state index in [9.17, 15) is 9.59 Å². The van der Waals surface area contributed by atoms with Crippen molar-refractivity contribution in [3.8, 4) is 0 Å². The largest absolute Gasteiger partial charge is 0.480 e. The number of hydrogen-bond donors (Lipinski definition) is 3. The van der Waals surface area contributed by atoms with Crippen molar-refractivity contribution in [3.05, 3.63) is 0 Å². The highest BCUT2D eigenvalue weighted by Gasteiger charge is 2.51. The molecule has 4 bridgehead atoms. The van der Waals surface area contributed by atoms with Gasteiger partial charge in [0.15, 0.2) is 0 Å². The summed E-state index contributed by atoms with van der Waals surface area (Å²) in [5.41, 5.74) is 0.126. The predicted molar refractivity (Wildman–Crippen MR) is 76.5 cm³/mol. The van der Waals surface area contributed by atoms with Gasteiger partial charge in [0, 0.05) is 19.4 Å². The molecule has 0 aromatic heterocycles. The molecule has 1 atom stereocenters. The fraction of sp³-hybridized carbons (Fsp3) is 0.875. The van der Waals surface area contributed by atoms with E-state index in [0.717, 1.165) is 37.0 Å². The first kappa shape index (κ1) is 14.8. The number of hydrogen-bond acceptors (Lipinski definition) is 3. The smallest absolute Gasteiger partial charge is 0.326 e. The van der Waals surface area contributed by atoms with Crippen LogP contribution in [0.5, 0.6) is 0 Å². The summed E-state index contributed by atoms with van der Waals surface area (Å²) in [6, 6.07) is -0.962. The zero-order valence-corrected chi connectivity index (χ0v) is 12.4. The Labute approximate surface area is 125 Å². The maximum atomic E-state index is 12.3. The van der Waals surface area contributed by atoms with E-state index in [1.165, 1.54) is 19.3 Å². The molecule has 0 aromatic rings. The summed E-state index contributed by atoms with van der Waals surface area (Å²) >= 11 is 0. The molecule has 0 spiro atoms. The maximum absolute atomic E-state index is 12.3. The third-order valence-electron chi connectivity index (χ3n) is 5.75. The van der Waals surface area contributed by atoms with E-state index in [1.54, 1.807) is 0 Å². The molecule has 4 fully saturated rings. The zero-order valence-electron chi connectivity index (χ0n) is 12.4. The van der Waals surface area contributed by atoms with Crippen molar-refractivity contribution in [1.82, 2.24) is 5.32 Å². The summed E-state index contributed by atoms with van der Waals surface area (Å²) in [5, 5.41) is 20.5. The number of carboxylic acid groups (broad SMARTS) is 1. The van der Waals surface area contributed by atoms with E-state index < -0.39 is 12.0 Å². The van der Waals surface area contributed by atoms with Gasteiger partial charge in [0.1, 0.15) is 6.04 Å². The fourth-order valence-corrected chi connectivity index (χ4v) is 5.48. The minimum absolute atomic E-state index is 0.0714. The van der Waals surface area contributed by atoms with Crippen LogP contribution in [0, 0.1) is 23.2 Å². The van der Waals surface area contributed by atoms with Crippen molar-refractivity contribution >= 4 is 11.9 Å². The lowest BCUT2D eigenvalue weighted by atomic mass is 9.49. The van der Waals surface area contributed by atoms with Crippen LogP contribution in [-0.4, -0.2) is 34.7 Å². The number of carbonyl (C=O) groups is 2. The predicted octanol–water partition coefficient (Wildman–Crippen LogP) is 1.54. The first-order valence-electron chi connectivity index (χ1n) is 8.13. The van der Waals surface area contributed by atoms with Gasteiger partial charge in [-0.25, -0.2) is 4.79 Å². The number of carboxylic acids is 1. The lowest BCUT2D eigenvalue weighted by molar-refractivity contribution is -0.143. The van der Waals surface area contributed by atoms with Crippen LogP contribution in [0.25, 0.3) is 0 Å². The quantitative estimate of drug-likeness (QED) is 0.694. The standard InChI is InChI=1S/C16H25NO4/c18-2-1-13(15(20)21)17-14(19)9-16-6-10-3-11(7-16)5-12(4-10)8-16/h10-13,18H,1-9H2,(H,17,19)(H,20,21)/t10?,11?,12?,13-,16?/m1/s1. The minimum atomic E-state index is -1.07. The highest BCUT2D eigenvalue weighted by Crippen LogP contribution is 2.61. The van der Waals surface area contributed by atoms with Gasteiger partial charge in [0.05, 0.1) is 0 Å². The molecule has 0 aliphatic heterocycles. The number of aliphatic carboxylic acids is 1. The summed E-state index contributed by atoms with van der Waals surface area (Å²) in [7, 11) is 0. The minimum Gasteiger partial charge on any atom is -0.480 e. The van der Waals surface area contributed by atoms with Gasteiger partial charge >= 0.3 is 5.97 Å². The van der Waals surface area contributed by atoms with Crippen molar-refractivity contribution in [2.45, 2.75) is 57.4 Å². The molecule has 0 heterocycles. The van der Waals surface area contributed by atoms with Crippen molar-refractivity contribution in [3.63, 3.8) is 0 Å². The Morgan fingerprint density at radius 3 is 2.05 bits per heavy atom. The van der Waals surface area contributed by atoms with E-state index in [1.807, 2.05) is 0 Å². The molecule has 4 rings (SSSR count). The number of aliphatic hydroxyl groups is 1. The number of carbonyl (C=O) groups excluding carboxylic acids is 1. The van der Waals surface area contributed by atoms with Crippen LogP contribution >= 0.6 is 0 Å². The van der Waals surface area contributed by atoms with Gasteiger partial charge in [0.25, 0.3) is 0 Å². The van der Waals surface area contributed by atoms with Crippen LogP contribution < -0.4 is 5.32 Å². The molecule has 21 heavy (non-hydrogen) atoms. The molecule has 0 radical (unpaired) electrons. The Morgan fingerprint density at radius 2 is 1.62 bits per heavy atom. The zero-order chi connectivity index (χ0) is 15.0. The van der Waals surface area contributed by atoms with Crippen LogP contribution in [0.15, 0.2) is 0 Å². The highest BCUT2D eigenvalue weighted by molar-refractivity contribution is 5.83. The van der Waals surface area contributed by atoms with Gasteiger partial charge in [-0.15, -0.1) is 0 Å². The highest BCUT2D eigenvalue weighted by atomic mass is 16.4. The van der Waals surface area contributed by atoms with Crippen molar-refractivity contribution < 1.29 is 19.8 Å². The van der Waals surface area contributed by atoms with Crippen LogP contribution in [0.3, 0.4) is 0 Å². The van der Waals surface area contributed by atoms with E-state index in [0.29, 0.717) is 6.42 Å². The third kappa shape index (κ3) is 3.07. The molecule has 0 saturated heterocycles. The molecular formula is C16H25NO4. The normalized spacial score (nSPS) is 38.2. The Morgan fingerprint density at radius 1 is 1.10 bits per heavy atom. The molecule has 118 valence electrons. The summed E-state index contributed by atoms with van der Waals surface area (Å²) in [4.78, 5) is 23.3.